The van der Waals surface area contributed by atoms with Crippen molar-refractivity contribution in [3.8, 4) is 0 Å². The van der Waals surface area contributed by atoms with Crippen LogP contribution in [0.1, 0.15) is 17.6 Å². The molecule has 0 aliphatic heterocycles. The van der Waals surface area contributed by atoms with Crippen LogP contribution >= 0.6 is 34.5 Å². The second-order valence-electron chi connectivity index (χ2n) is 4.24. The van der Waals surface area contributed by atoms with E-state index in [0.29, 0.717) is 21.7 Å². The van der Waals surface area contributed by atoms with E-state index in [0.717, 1.165) is 30.2 Å². The maximum Gasteiger partial charge on any atom is 0.147 e. The number of anilines is 2. The van der Waals surface area contributed by atoms with Crippen LogP contribution in [-0.4, -0.2) is 23.1 Å². The van der Waals surface area contributed by atoms with Gasteiger partial charge in [0.25, 0.3) is 0 Å². The van der Waals surface area contributed by atoms with Crippen molar-refractivity contribution in [2.45, 2.75) is 20.3 Å². The van der Waals surface area contributed by atoms with Crippen molar-refractivity contribution in [3.63, 3.8) is 0 Å². The summed E-state index contributed by atoms with van der Waals surface area (Å²) >= 11 is 13.9. The fraction of sp³-hybridized carbons (Fsp3) is 0.385. The number of halogens is 2. The van der Waals surface area contributed by atoms with Gasteiger partial charge in [-0.15, -0.1) is 11.3 Å². The van der Waals surface area contributed by atoms with E-state index in [1.165, 1.54) is 0 Å². The van der Waals surface area contributed by atoms with Crippen LogP contribution in [0.25, 0.3) is 0 Å². The molecular weight excluding hydrogens is 315 g/mol. The second kappa shape index (κ2) is 7.11. The molecule has 0 aromatic carbocycles. The van der Waals surface area contributed by atoms with Crippen molar-refractivity contribution < 1.29 is 0 Å². The highest BCUT2D eigenvalue weighted by molar-refractivity contribution is 7.09. The van der Waals surface area contributed by atoms with Crippen LogP contribution in [0.4, 0.5) is 11.6 Å². The van der Waals surface area contributed by atoms with Gasteiger partial charge in [-0.1, -0.05) is 23.2 Å². The van der Waals surface area contributed by atoms with Crippen molar-refractivity contribution in [1.29, 1.82) is 0 Å². The minimum atomic E-state index is 0.520. The van der Waals surface area contributed by atoms with Gasteiger partial charge in [-0.05, 0) is 19.9 Å². The summed E-state index contributed by atoms with van der Waals surface area (Å²) in [4.78, 5) is 8.81. The smallest absolute Gasteiger partial charge is 0.147 e. The summed E-state index contributed by atoms with van der Waals surface area (Å²) in [7, 11) is 0. The minimum Gasteiger partial charge on any atom is -0.369 e. The highest BCUT2D eigenvalue weighted by atomic mass is 35.5. The Kier molecular flexibility index (Phi) is 5.46. The van der Waals surface area contributed by atoms with Gasteiger partial charge in [-0.2, -0.15) is 0 Å². The predicted octanol–water partition coefficient (Wildman–Crippen LogP) is 4.24. The lowest BCUT2D eigenvalue weighted by Gasteiger charge is -2.11. The van der Waals surface area contributed by atoms with Crippen LogP contribution in [0, 0.1) is 6.92 Å². The fourth-order valence-corrected chi connectivity index (χ4v) is 2.96. The summed E-state index contributed by atoms with van der Waals surface area (Å²) in [5.41, 5.74) is 1.06. The van der Waals surface area contributed by atoms with E-state index < -0.39 is 0 Å². The molecule has 0 unspecified atom stereocenters. The molecule has 0 radical (unpaired) electrons. The van der Waals surface area contributed by atoms with E-state index in [9.17, 15) is 0 Å². The van der Waals surface area contributed by atoms with Gasteiger partial charge in [0.1, 0.15) is 11.6 Å². The number of rotatable bonds is 6. The Morgan fingerprint density at radius 3 is 2.45 bits per heavy atom. The monoisotopic (exact) mass is 330 g/mol. The lowest BCUT2D eigenvalue weighted by atomic mass is 10.4. The second-order valence-corrected chi connectivity index (χ2v) is 6.00. The third-order valence-electron chi connectivity index (χ3n) is 2.57. The molecule has 0 saturated heterocycles. The molecule has 0 aliphatic carbocycles. The zero-order chi connectivity index (χ0) is 14.5. The molecule has 20 heavy (non-hydrogen) atoms. The molecule has 108 valence electrons. The Labute approximate surface area is 132 Å². The van der Waals surface area contributed by atoms with E-state index in [1.54, 1.807) is 17.4 Å². The lowest BCUT2D eigenvalue weighted by Crippen LogP contribution is -2.09. The van der Waals surface area contributed by atoms with Crippen molar-refractivity contribution in [3.05, 3.63) is 32.2 Å². The first-order valence-electron chi connectivity index (χ1n) is 6.35. The Bertz CT molecular complexity index is 586. The Morgan fingerprint density at radius 2 is 1.85 bits per heavy atom. The van der Waals surface area contributed by atoms with Gasteiger partial charge in [0.2, 0.25) is 0 Å². The van der Waals surface area contributed by atoms with Gasteiger partial charge in [0.15, 0.2) is 0 Å². The average molecular weight is 331 g/mol. The topological polar surface area (TPSA) is 49.8 Å². The number of hydrogen-bond donors (Lipinski definition) is 2. The van der Waals surface area contributed by atoms with Gasteiger partial charge >= 0.3 is 0 Å². The van der Waals surface area contributed by atoms with Crippen molar-refractivity contribution in [1.82, 2.24) is 9.97 Å². The molecule has 0 atom stereocenters. The maximum atomic E-state index is 6.14. The molecule has 0 spiro atoms. The SMILES string of the molecule is CCNc1nc(NCCc2nc(C)cs2)c(Cl)cc1Cl. The third-order valence-corrected chi connectivity index (χ3v) is 4.17. The molecular formula is C13H16Cl2N4S. The van der Waals surface area contributed by atoms with Gasteiger partial charge in [0, 0.05) is 30.6 Å². The standard InChI is InChI=1S/C13H16Cl2N4S/c1-3-16-12-9(14)6-10(15)13(19-12)17-5-4-11-18-8(2)7-20-11/h6-7H,3-5H2,1-2H3,(H2,16,17,19). The molecule has 7 heteroatoms. The molecule has 0 fully saturated rings. The highest BCUT2D eigenvalue weighted by Gasteiger charge is 2.08. The molecule has 2 rings (SSSR count). The molecule has 0 aliphatic rings. The quantitative estimate of drug-likeness (QED) is 0.831. The van der Waals surface area contributed by atoms with Gasteiger partial charge in [0.05, 0.1) is 15.1 Å². The van der Waals surface area contributed by atoms with Crippen LogP contribution in [-0.2, 0) is 6.42 Å². The van der Waals surface area contributed by atoms with Crippen molar-refractivity contribution in [2.24, 2.45) is 0 Å². The van der Waals surface area contributed by atoms with Gasteiger partial charge in [-0.3, -0.25) is 0 Å². The number of thiazole rings is 1. The predicted molar refractivity (Wildman–Crippen MR) is 87.5 cm³/mol. The zero-order valence-electron chi connectivity index (χ0n) is 11.3. The van der Waals surface area contributed by atoms with E-state index in [-0.39, 0.29) is 0 Å². The number of pyridine rings is 1. The number of hydrogen-bond acceptors (Lipinski definition) is 5. The van der Waals surface area contributed by atoms with Gasteiger partial charge in [-0.25, -0.2) is 9.97 Å². The summed E-state index contributed by atoms with van der Waals surface area (Å²) in [6.45, 7) is 5.47. The number of aryl methyl sites for hydroxylation is 1. The summed E-state index contributed by atoms with van der Waals surface area (Å²) in [5.74, 6) is 1.28. The fourth-order valence-electron chi connectivity index (χ4n) is 1.69. The van der Waals surface area contributed by atoms with E-state index in [1.807, 2.05) is 19.2 Å². The van der Waals surface area contributed by atoms with Crippen LogP contribution in [0.3, 0.4) is 0 Å². The average Bonchev–Trinajstić information content (AvgIpc) is 2.81. The first kappa shape index (κ1) is 15.4. The molecule has 0 amide bonds. The molecule has 0 bridgehead atoms. The zero-order valence-corrected chi connectivity index (χ0v) is 13.7. The molecule has 2 N–H and O–H groups in total. The largest absolute Gasteiger partial charge is 0.369 e. The van der Waals surface area contributed by atoms with Crippen LogP contribution in [0.15, 0.2) is 11.4 Å². The normalized spacial score (nSPS) is 10.6. The van der Waals surface area contributed by atoms with Crippen LogP contribution in [0.2, 0.25) is 10.0 Å². The van der Waals surface area contributed by atoms with Crippen LogP contribution < -0.4 is 10.6 Å². The Balaban J connectivity index is 1.99. The number of nitrogens with one attached hydrogen (secondary N) is 2. The summed E-state index contributed by atoms with van der Waals surface area (Å²) in [5, 5.41) is 10.5. The molecule has 0 saturated carbocycles. The molecule has 2 aromatic heterocycles. The van der Waals surface area contributed by atoms with E-state index >= 15 is 0 Å². The van der Waals surface area contributed by atoms with E-state index in [2.05, 4.69) is 20.6 Å². The molecule has 2 aromatic rings. The first-order chi connectivity index (χ1) is 9.60. The highest BCUT2D eigenvalue weighted by Crippen LogP contribution is 2.29. The summed E-state index contributed by atoms with van der Waals surface area (Å²) in [6, 6.07) is 1.70. The van der Waals surface area contributed by atoms with E-state index in [4.69, 9.17) is 23.2 Å². The molecule has 4 nitrogen and oxygen atoms in total. The number of aromatic nitrogens is 2. The van der Waals surface area contributed by atoms with Gasteiger partial charge < -0.3 is 10.6 Å². The Morgan fingerprint density at radius 1 is 1.15 bits per heavy atom. The summed E-state index contributed by atoms with van der Waals surface area (Å²) in [6.07, 6.45) is 0.843. The van der Waals surface area contributed by atoms with Crippen molar-refractivity contribution in [2.75, 3.05) is 23.7 Å². The number of nitrogens with zero attached hydrogens (tertiary/aromatic N) is 2. The lowest BCUT2D eigenvalue weighted by molar-refractivity contribution is 0.977. The maximum absolute atomic E-state index is 6.14. The van der Waals surface area contributed by atoms with Crippen LogP contribution in [0.5, 0.6) is 0 Å². The Hall–Kier alpha value is -1.04. The minimum absolute atomic E-state index is 0.520. The summed E-state index contributed by atoms with van der Waals surface area (Å²) < 4.78 is 0. The molecule has 2 heterocycles. The third kappa shape index (κ3) is 3.98. The van der Waals surface area contributed by atoms with Crippen molar-refractivity contribution >= 4 is 46.2 Å². The first-order valence-corrected chi connectivity index (χ1v) is 7.98.